The van der Waals surface area contributed by atoms with Gasteiger partial charge in [0.25, 0.3) is 0 Å². The molecule has 0 atom stereocenters. The predicted octanol–water partition coefficient (Wildman–Crippen LogP) is 5.00. The molecule has 0 spiro atoms. The van der Waals surface area contributed by atoms with Crippen molar-refractivity contribution in [3.63, 3.8) is 0 Å². The molecule has 33 heavy (non-hydrogen) atoms. The molecule has 0 saturated heterocycles. The molecule has 164 valence electrons. The summed E-state index contributed by atoms with van der Waals surface area (Å²) in [7, 11) is 0. The summed E-state index contributed by atoms with van der Waals surface area (Å²) in [5.74, 6) is -1.43. The van der Waals surface area contributed by atoms with Crippen LogP contribution in [0.15, 0.2) is 88.9 Å². The number of carbonyl (C=O) groups is 2. The van der Waals surface area contributed by atoms with Crippen molar-refractivity contribution in [3.8, 4) is 23.5 Å². The van der Waals surface area contributed by atoms with Gasteiger partial charge >= 0.3 is 24.0 Å². The number of carboxylic acid groups (broad SMARTS) is 2. The van der Waals surface area contributed by atoms with Gasteiger partial charge in [-0.25, -0.2) is 9.59 Å². The van der Waals surface area contributed by atoms with Crippen LogP contribution in [0.5, 0.6) is 23.5 Å². The number of ether oxygens (including phenoxy) is 2. The van der Waals surface area contributed by atoms with Gasteiger partial charge in [-0.3, -0.25) is 0 Å². The second kappa shape index (κ2) is 9.79. The zero-order valence-corrected chi connectivity index (χ0v) is 17.6. The van der Waals surface area contributed by atoms with Crippen LogP contribution in [-0.2, 0) is 0 Å². The van der Waals surface area contributed by atoms with Gasteiger partial charge in [0.2, 0.25) is 5.16 Å². The summed E-state index contributed by atoms with van der Waals surface area (Å²) in [5.41, 5.74) is 0.235. The molecule has 0 bridgehead atoms. The fourth-order valence-electron chi connectivity index (χ4n) is 2.59. The van der Waals surface area contributed by atoms with Crippen molar-refractivity contribution in [2.45, 2.75) is 10.1 Å². The van der Waals surface area contributed by atoms with Crippen molar-refractivity contribution < 1.29 is 29.3 Å². The molecule has 2 N–H and O–H groups in total. The largest absolute Gasteiger partial charge is 0.478 e. The smallest absolute Gasteiger partial charge is 0.335 e. The van der Waals surface area contributed by atoms with Crippen LogP contribution in [0.25, 0.3) is 0 Å². The van der Waals surface area contributed by atoms with Crippen molar-refractivity contribution in [3.05, 3.63) is 90.0 Å². The highest BCUT2D eigenvalue weighted by molar-refractivity contribution is 7.99. The van der Waals surface area contributed by atoms with Gasteiger partial charge in [0.15, 0.2) is 0 Å². The van der Waals surface area contributed by atoms with Gasteiger partial charge in [0.05, 0.1) is 11.1 Å². The minimum absolute atomic E-state index is 0.0522. The summed E-state index contributed by atoms with van der Waals surface area (Å²) in [4.78, 5) is 35.7. The van der Waals surface area contributed by atoms with E-state index in [-0.39, 0.29) is 23.1 Å². The summed E-state index contributed by atoms with van der Waals surface area (Å²) in [6, 6.07) is 20.9. The first-order valence-corrected chi connectivity index (χ1v) is 10.3. The normalized spacial score (nSPS) is 10.4. The quantitative estimate of drug-likeness (QED) is 0.369. The molecule has 1 aromatic heterocycles. The first kappa shape index (κ1) is 21.8. The summed E-state index contributed by atoms with van der Waals surface area (Å²) < 4.78 is 11.4. The Morgan fingerprint density at radius 2 is 1.09 bits per heavy atom. The molecule has 0 aliphatic rings. The van der Waals surface area contributed by atoms with Crippen LogP contribution in [0.4, 0.5) is 0 Å². The molecular weight excluding hydrogens is 446 g/mol. The van der Waals surface area contributed by atoms with E-state index in [0.29, 0.717) is 16.7 Å². The fourth-order valence-corrected chi connectivity index (χ4v) is 3.34. The zero-order valence-electron chi connectivity index (χ0n) is 16.8. The molecule has 0 saturated carbocycles. The molecule has 1 heterocycles. The molecule has 10 heteroatoms. The molecule has 0 radical (unpaired) electrons. The maximum atomic E-state index is 11.0. The topological polar surface area (TPSA) is 132 Å². The lowest BCUT2D eigenvalue weighted by Crippen LogP contribution is -2.01. The predicted molar refractivity (Wildman–Crippen MR) is 117 cm³/mol. The molecule has 4 aromatic rings. The minimum Gasteiger partial charge on any atom is -0.478 e. The van der Waals surface area contributed by atoms with E-state index in [1.807, 2.05) is 30.3 Å². The monoisotopic (exact) mass is 461 g/mol. The van der Waals surface area contributed by atoms with Crippen LogP contribution in [0, 0.1) is 0 Å². The molecule has 0 fully saturated rings. The number of nitrogens with zero attached hydrogens (tertiary/aromatic N) is 3. The lowest BCUT2D eigenvalue weighted by molar-refractivity contribution is 0.0686. The number of rotatable bonds is 8. The maximum absolute atomic E-state index is 11.0. The highest BCUT2D eigenvalue weighted by atomic mass is 32.2. The lowest BCUT2D eigenvalue weighted by atomic mass is 10.2. The van der Waals surface area contributed by atoms with Gasteiger partial charge < -0.3 is 19.7 Å². The number of aromatic carboxylic acids is 2. The molecule has 0 aliphatic heterocycles. The number of hydrogen-bond acceptors (Lipinski definition) is 8. The summed E-state index contributed by atoms with van der Waals surface area (Å²) in [5, 5.41) is 18.4. The standard InChI is InChI=1S/C23H15N3O6S/c27-19(28)14-6-10-16(11-7-14)31-21-24-22(32-17-12-8-15(9-13-17)20(29)30)26-23(25-21)33-18-4-2-1-3-5-18/h1-13H,(H,27,28)(H,29,30). The summed E-state index contributed by atoms with van der Waals surface area (Å²) in [6.45, 7) is 0. The van der Waals surface area contributed by atoms with E-state index < -0.39 is 11.9 Å². The SMILES string of the molecule is O=C(O)c1ccc(Oc2nc(Oc3ccc(C(=O)O)cc3)nc(Sc3ccccc3)n2)cc1. The Kier molecular flexibility index (Phi) is 6.46. The molecule has 0 unspecified atom stereocenters. The third kappa shape index (κ3) is 5.83. The number of carboxylic acids is 2. The van der Waals surface area contributed by atoms with Crippen LogP contribution in [0.2, 0.25) is 0 Å². The van der Waals surface area contributed by atoms with Crippen LogP contribution in [0.1, 0.15) is 20.7 Å². The highest BCUT2D eigenvalue weighted by Crippen LogP contribution is 2.29. The Hall–Kier alpha value is -4.44. The summed E-state index contributed by atoms with van der Waals surface area (Å²) in [6.07, 6.45) is 0. The molecule has 4 rings (SSSR count). The second-order valence-electron chi connectivity index (χ2n) is 6.46. The van der Waals surface area contributed by atoms with Gasteiger partial charge in [0.1, 0.15) is 11.5 Å². The van der Waals surface area contributed by atoms with Crippen molar-refractivity contribution in [1.82, 2.24) is 15.0 Å². The second-order valence-corrected chi connectivity index (χ2v) is 7.50. The number of aromatic nitrogens is 3. The summed E-state index contributed by atoms with van der Waals surface area (Å²) >= 11 is 1.27. The lowest BCUT2D eigenvalue weighted by Gasteiger charge is -2.09. The van der Waals surface area contributed by atoms with Gasteiger partial charge in [-0.1, -0.05) is 18.2 Å². The molecular formula is C23H15N3O6S. The van der Waals surface area contributed by atoms with Gasteiger partial charge in [-0.2, -0.15) is 9.97 Å². The molecule has 0 aliphatic carbocycles. The van der Waals surface area contributed by atoms with E-state index in [0.717, 1.165) is 4.90 Å². The Balaban J connectivity index is 1.62. The van der Waals surface area contributed by atoms with Crippen molar-refractivity contribution in [1.29, 1.82) is 0 Å². The van der Waals surface area contributed by atoms with E-state index in [9.17, 15) is 9.59 Å². The van der Waals surface area contributed by atoms with E-state index in [2.05, 4.69) is 15.0 Å². The average molecular weight is 461 g/mol. The van der Waals surface area contributed by atoms with E-state index in [4.69, 9.17) is 19.7 Å². The first-order valence-electron chi connectivity index (χ1n) is 9.48. The van der Waals surface area contributed by atoms with Crippen LogP contribution in [-0.4, -0.2) is 37.1 Å². The Morgan fingerprint density at radius 1 is 0.636 bits per heavy atom. The highest BCUT2D eigenvalue weighted by Gasteiger charge is 2.13. The first-order chi connectivity index (χ1) is 16.0. The van der Waals surface area contributed by atoms with Crippen LogP contribution >= 0.6 is 11.8 Å². The molecule has 0 amide bonds. The van der Waals surface area contributed by atoms with Gasteiger partial charge in [0, 0.05) is 4.90 Å². The molecule has 3 aromatic carbocycles. The van der Waals surface area contributed by atoms with Crippen LogP contribution in [0.3, 0.4) is 0 Å². The Labute approximate surface area is 191 Å². The van der Waals surface area contributed by atoms with E-state index >= 15 is 0 Å². The van der Waals surface area contributed by atoms with Crippen LogP contribution < -0.4 is 9.47 Å². The van der Waals surface area contributed by atoms with E-state index in [1.165, 1.54) is 60.3 Å². The maximum Gasteiger partial charge on any atom is 0.335 e. The molecule has 9 nitrogen and oxygen atoms in total. The average Bonchev–Trinajstić information content (AvgIpc) is 2.80. The number of hydrogen-bond donors (Lipinski definition) is 2. The number of benzene rings is 3. The van der Waals surface area contributed by atoms with Gasteiger partial charge in [-0.05, 0) is 72.4 Å². The fraction of sp³-hybridized carbons (Fsp3) is 0. The van der Waals surface area contributed by atoms with Crippen molar-refractivity contribution >= 4 is 23.7 Å². The third-order valence-electron chi connectivity index (χ3n) is 4.15. The van der Waals surface area contributed by atoms with Gasteiger partial charge in [-0.15, -0.1) is 4.98 Å². The third-order valence-corrected chi connectivity index (χ3v) is 5.02. The van der Waals surface area contributed by atoms with E-state index in [1.54, 1.807) is 0 Å². The Bertz CT molecular complexity index is 1200. The van der Waals surface area contributed by atoms with Crippen molar-refractivity contribution in [2.75, 3.05) is 0 Å². The minimum atomic E-state index is -1.05. The van der Waals surface area contributed by atoms with Crippen molar-refractivity contribution in [2.24, 2.45) is 0 Å². The Morgan fingerprint density at radius 3 is 1.52 bits per heavy atom. The zero-order chi connectivity index (χ0) is 23.2.